The molecule has 0 saturated heterocycles. The van der Waals surface area contributed by atoms with Crippen molar-refractivity contribution >= 4 is 48.1 Å². The van der Waals surface area contributed by atoms with Gasteiger partial charge in [0.25, 0.3) is 0 Å². The third-order valence-corrected chi connectivity index (χ3v) is 7.12. The standard InChI is InChI=1S/C23H18ClNO3Se/c1-27-20-11-7-16(13-21(20)28-2)4-3-15-5-9-18(10-6-15)25-23(26)19-14-17(24)8-12-22(19)29-25/h3-14H,1-2H3/b4-3+. The van der Waals surface area contributed by atoms with E-state index >= 15 is 0 Å². The molecule has 0 aliphatic carbocycles. The summed E-state index contributed by atoms with van der Waals surface area (Å²) in [5.41, 5.74) is 2.96. The van der Waals surface area contributed by atoms with Gasteiger partial charge in [0.05, 0.1) is 7.11 Å². The van der Waals surface area contributed by atoms with Gasteiger partial charge in [0.15, 0.2) is 0 Å². The van der Waals surface area contributed by atoms with Gasteiger partial charge in [0.1, 0.15) is 0 Å². The molecule has 0 N–H and O–H groups in total. The molecule has 0 unspecified atom stereocenters. The predicted molar refractivity (Wildman–Crippen MR) is 120 cm³/mol. The Kier molecular flexibility index (Phi) is 5.63. The summed E-state index contributed by atoms with van der Waals surface area (Å²) < 4.78 is 13.5. The Hall–Kier alpha value is -2.72. The van der Waals surface area contributed by atoms with Gasteiger partial charge in [-0.3, -0.25) is 0 Å². The normalized spacial score (nSPS) is 11.3. The van der Waals surface area contributed by atoms with Crippen LogP contribution in [-0.4, -0.2) is 32.5 Å². The molecule has 0 amide bonds. The summed E-state index contributed by atoms with van der Waals surface area (Å²) in [7, 11) is 3.24. The zero-order valence-electron chi connectivity index (χ0n) is 15.9. The van der Waals surface area contributed by atoms with E-state index in [-0.39, 0.29) is 20.3 Å². The maximum atomic E-state index is 12.7. The first kappa shape index (κ1) is 19.6. The fraction of sp³-hybridized carbons (Fsp3) is 0.0870. The van der Waals surface area contributed by atoms with Gasteiger partial charge in [0.2, 0.25) is 0 Å². The van der Waals surface area contributed by atoms with Crippen molar-refractivity contribution < 1.29 is 9.47 Å². The molecule has 0 aliphatic rings. The number of halogens is 1. The second-order valence-corrected chi connectivity index (χ2v) is 8.88. The Morgan fingerprint density at radius 3 is 2.28 bits per heavy atom. The van der Waals surface area contributed by atoms with Crippen LogP contribution in [0.2, 0.25) is 5.02 Å². The Labute approximate surface area is 179 Å². The molecule has 29 heavy (non-hydrogen) atoms. The third-order valence-electron chi connectivity index (χ3n) is 4.55. The Morgan fingerprint density at radius 2 is 1.55 bits per heavy atom. The van der Waals surface area contributed by atoms with Crippen LogP contribution in [0.3, 0.4) is 0 Å². The van der Waals surface area contributed by atoms with E-state index in [1.165, 1.54) is 0 Å². The Bertz CT molecular complexity index is 1260. The number of aromatic nitrogens is 1. The SMILES string of the molecule is COc1ccc(/C=C/c2ccc(-n3[se]c4ccc(Cl)cc4c3=O)cc2)cc1OC. The number of hydrogen-bond acceptors (Lipinski definition) is 3. The number of benzene rings is 3. The molecule has 0 spiro atoms. The second kappa shape index (κ2) is 8.34. The van der Waals surface area contributed by atoms with E-state index in [0.717, 1.165) is 21.1 Å². The summed E-state index contributed by atoms with van der Waals surface area (Å²) >= 11 is 5.96. The van der Waals surface area contributed by atoms with Crippen molar-refractivity contribution in [2.24, 2.45) is 0 Å². The van der Waals surface area contributed by atoms with Crippen molar-refractivity contribution in [2.75, 3.05) is 14.2 Å². The summed E-state index contributed by atoms with van der Waals surface area (Å²) in [6, 6.07) is 19.3. The fourth-order valence-corrected chi connectivity index (χ4v) is 5.26. The number of ether oxygens (including phenoxy) is 2. The van der Waals surface area contributed by atoms with E-state index in [4.69, 9.17) is 21.1 Å². The molecule has 0 aliphatic heterocycles. The predicted octanol–water partition coefficient (Wildman–Crippen LogP) is 4.89. The molecule has 0 fully saturated rings. The van der Waals surface area contributed by atoms with E-state index in [0.29, 0.717) is 21.9 Å². The number of nitrogens with zero attached hydrogens (tertiary/aromatic N) is 1. The molecule has 0 bridgehead atoms. The second-order valence-electron chi connectivity index (χ2n) is 6.37. The Balaban J connectivity index is 1.59. The summed E-state index contributed by atoms with van der Waals surface area (Å²) in [5.74, 6) is 1.40. The van der Waals surface area contributed by atoms with E-state index in [9.17, 15) is 4.79 Å². The van der Waals surface area contributed by atoms with Crippen molar-refractivity contribution in [1.29, 1.82) is 0 Å². The molecule has 0 saturated carbocycles. The molecular formula is C23H18ClNO3Se. The molecule has 1 aromatic heterocycles. The van der Waals surface area contributed by atoms with Crippen LogP contribution in [0.4, 0.5) is 0 Å². The van der Waals surface area contributed by atoms with Crippen LogP contribution in [0.15, 0.2) is 65.5 Å². The molecule has 4 nitrogen and oxygen atoms in total. The zero-order valence-corrected chi connectivity index (χ0v) is 18.4. The number of rotatable bonds is 5. The van der Waals surface area contributed by atoms with Crippen molar-refractivity contribution in [2.45, 2.75) is 0 Å². The average molecular weight is 471 g/mol. The number of fused-ring (bicyclic) bond motifs is 1. The fourth-order valence-electron chi connectivity index (χ4n) is 3.04. The van der Waals surface area contributed by atoms with Gasteiger partial charge in [-0.25, -0.2) is 0 Å². The molecule has 146 valence electrons. The number of methoxy groups -OCH3 is 2. The van der Waals surface area contributed by atoms with Crippen LogP contribution in [-0.2, 0) is 0 Å². The maximum absolute atomic E-state index is 12.7. The summed E-state index contributed by atoms with van der Waals surface area (Å²) in [6.45, 7) is 0. The Morgan fingerprint density at radius 1 is 0.862 bits per heavy atom. The minimum absolute atomic E-state index is 0.0103. The van der Waals surface area contributed by atoms with E-state index in [2.05, 4.69) is 0 Å². The van der Waals surface area contributed by atoms with Gasteiger partial charge in [-0.05, 0) is 0 Å². The van der Waals surface area contributed by atoms with E-state index in [1.807, 2.05) is 70.3 Å². The van der Waals surface area contributed by atoms with Crippen molar-refractivity contribution in [3.05, 3.63) is 87.2 Å². The van der Waals surface area contributed by atoms with Crippen LogP contribution in [0, 0.1) is 0 Å². The average Bonchev–Trinajstić information content (AvgIpc) is 3.08. The minimum atomic E-state index is -0.0754. The first-order chi connectivity index (χ1) is 14.1. The van der Waals surface area contributed by atoms with Gasteiger partial charge in [-0.15, -0.1) is 0 Å². The van der Waals surface area contributed by atoms with Gasteiger partial charge in [0, 0.05) is 0 Å². The molecule has 4 rings (SSSR count). The topological polar surface area (TPSA) is 40.5 Å². The van der Waals surface area contributed by atoms with Gasteiger partial charge >= 0.3 is 173 Å². The van der Waals surface area contributed by atoms with Crippen LogP contribution in [0.25, 0.3) is 27.5 Å². The monoisotopic (exact) mass is 471 g/mol. The van der Waals surface area contributed by atoms with Crippen molar-refractivity contribution in [3.63, 3.8) is 0 Å². The van der Waals surface area contributed by atoms with Gasteiger partial charge < -0.3 is 0 Å². The van der Waals surface area contributed by atoms with Crippen LogP contribution < -0.4 is 15.0 Å². The van der Waals surface area contributed by atoms with E-state index < -0.39 is 0 Å². The first-order valence-corrected chi connectivity index (χ1v) is 10.9. The molecule has 0 radical (unpaired) electrons. The zero-order chi connectivity index (χ0) is 20.4. The van der Waals surface area contributed by atoms with Crippen LogP contribution >= 0.6 is 11.6 Å². The van der Waals surface area contributed by atoms with Crippen molar-refractivity contribution in [3.8, 4) is 17.2 Å². The van der Waals surface area contributed by atoms with Crippen molar-refractivity contribution in [1.82, 2.24) is 3.56 Å². The summed E-state index contributed by atoms with van der Waals surface area (Å²) in [5, 5.41) is 1.29. The van der Waals surface area contributed by atoms with Crippen LogP contribution in [0.5, 0.6) is 11.5 Å². The molecule has 0 atom stereocenters. The summed E-state index contributed by atoms with van der Waals surface area (Å²) in [4.78, 5) is 12.7. The van der Waals surface area contributed by atoms with Crippen LogP contribution in [0.1, 0.15) is 11.1 Å². The summed E-state index contributed by atoms with van der Waals surface area (Å²) in [6.07, 6.45) is 4.04. The first-order valence-electron chi connectivity index (χ1n) is 8.91. The van der Waals surface area contributed by atoms with Gasteiger partial charge in [-0.1, -0.05) is 0 Å². The molecule has 3 aromatic carbocycles. The molecule has 1 heterocycles. The molecule has 6 heteroatoms. The van der Waals surface area contributed by atoms with Gasteiger partial charge in [-0.2, -0.15) is 0 Å². The molecule has 4 aromatic rings. The number of hydrogen-bond donors (Lipinski definition) is 0. The quantitative estimate of drug-likeness (QED) is 0.308. The van der Waals surface area contributed by atoms with E-state index in [1.54, 1.807) is 20.3 Å². The molecular weight excluding hydrogens is 453 g/mol. The third kappa shape index (κ3) is 4.03.